The van der Waals surface area contributed by atoms with E-state index in [9.17, 15) is 4.39 Å². The quantitative estimate of drug-likeness (QED) is 0.112. The van der Waals surface area contributed by atoms with Crippen molar-refractivity contribution in [2.45, 2.75) is 64.9 Å². The van der Waals surface area contributed by atoms with Gasteiger partial charge in [-0.1, -0.05) is 111 Å². The fraction of sp³-hybridized carbons (Fsp3) is 0.186. The van der Waals surface area contributed by atoms with E-state index >= 15 is 0 Å². The van der Waals surface area contributed by atoms with E-state index in [1.807, 2.05) is 36.4 Å². The van der Waals surface area contributed by atoms with Crippen molar-refractivity contribution in [1.29, 1.82) is 0 Å². The molecule has 0 fully saturated rings. The van der Waals surface area contributed by atoms with Crippen LogP contribution in [-0.2, 0) is 31.9 Å². The van der Waals surface area contributed by atoms with Crippen LogP contribution in [0.15, 0.2) is 162 Å². The van der Waals surface area contributed by atoms with Gasteiger partial charge in [0.2, 0.25) is 0 Å². The Kier molecular flexibility index (Phi) is 13.8. The number of hydrogen-bond acceptors (Lipinski definition) is 3. The minimum Gasteiger partial charge on any atom is -0.501 e. The zero-order valence-electron chi connectivity index (χ0n) is 38.8. The van der Waals surface area contributed by atoms with E-state index < -0.39 is 14.3 Å². The molecule has 3 aromatic heterocycles. The molecule has 7 heteroatoms. The van der Waals surface area contributed by atoms with Gasteiger partial charge in [0.1, 0.15) is 11.4 Å². The van der Waals surface area contributed by atoms with Crippen LogP contribution in [0.25, 0.3) is 83.6 Å². The van der Waals surface area contributed by atoms with E-state index in [4.69, 9.17) is 9.40 Å². The van der Waals surface area contributed by atoms with Crippen LogP contribution in [0.2, 0.25) is 11.5 Å². The van der Waals surface area contributed by atoms with Crippen molar-refractivity contribution < 1.29 is 28.9 Å². The van der Waals surface area contributed by atoms with E-state index in [0.29, 0.717) is 5.92 Å². The van der Waals surface area contributed by atoms with Crippen LogP contribution < -0.4 is 4.40 Å². The number of imidazole rings is 1. The maximum absolute atomic E-state index is 13.6. The van der Waals surface area contributed by atoms with Crippen molar-refractivity contribution in [3.05, 3.63) is 192 Å². The molecule has 0 saturated heterocycles. The van der Waals surface area contributed by atoms with Crippen molar-refractivity contribution in [3.63, 3.8) is 0 Å². The summed E-state index contributed by atoms with van der Waals surface area (Å²) >= 11 is -1.08. The molecule has 0 unspecified atom stereocenters. The first-order chi connectivity index (χ1) is 31.3. The third kappa shape index (κ3) is 9.51. The fourth-order valence-corrected chi connectivity index (χ4v) is 11.1. The molecule has 10 rings (SSSR count). The smallest absolute Gasteiger partial charge is 0.123 e. The van der Waals surface area contributed by atoms with Gasteiger partial charge in [-0.15, -0.1) is 17.7 Å². The Morgan fingerprint density at radius 3 is 2.21 bits per heavy atom. The van der Waals surface area contributed by atoms with Crippen molar-refractivity contribution in [2.24, 2.45) is 5.92 Å². The molecular weight excluding hydrogens is 1050 g/mol. The Bertz CT molecular complexity index is 3290. The van der Waals surface area contributed by atoms with Crippen LogP contribution in [0.1, 0.15) is 51.3 Å². The molecule has 7 aromatic carbocycles. The maximum Gasteiger partial charge on any atom is 0.123 e. The topological polar surface area (TPSA) is 43.9 Å². The second-order valence-electron chi connectivity index (χ2n) is 18.6. The van der Waals surface area contributed by atoms with E-state index in [2.05, 4.69) is 172 Å². The summed E-state index contributed by atoms with van der Waals surface area (Å²) in [7, 11) is 0. The monoisotopic (exact) mass is 1110 g/mol. The predicted molar refractivity (Wildman–Crippen MR) is 271 cm³/mol. The first kappa shape index (κ1) is 46.6. The van der Waals surface area contributed by atoms with Gasteiger partial charge in [-0.05, 0) is 70.1 Å². The summed E-state index contributed by atoms with van der Waals surface area (Å²) in [4.78, 5) is 9.87. The second kappa shape index (κ2) is 19.5. The zero-order valence-corrected chi connectivity index (χ0v) is 43.2. The number of rotatable bonds is 8. The Hall–Kier alpha value is -5.92. The number of para-hydroxylation sites is 2. The molecule has 66 heavy (non-hydrogen) atoms. The summed E-state index contributed by atoms with van der Waals surface area (Å²) in [5.41, 5.74) is 15.4. The van der Waals surface area contributed by atoms with Crippen molar-refractivity contribution in [1.82, 2.24) is 14.5 Å². The predicted octanol–water partition coefficient (Wildman–Crippen LogP) is 15.2. The normalized spacial score (nSPS) is 11.6. The van der Waals surface area contributed by atoms with Crippen LogP contribution >= 0.6 is 0 Å². The molecule has 2 radical (unpaired) electrons. The van der Waals surface area contributed by atoms with E-state index in [1.54, 1.807) is 12.1 Å². The van der Waals surface area contributed by atoms with Crippen LogP contribution in [-0.4, -0.2) is 28.9 Å². The average Bonchev–Trinajstić information content (AvgIpc) is 3.89. The first-order valence-corrected chi connectivity index (χ1v) is 27.7. The van der Waals surface area contributed by atoms with Crippen molar-refractivity contribution >= 4 is 51.7 Å². The third-order valence-electron chi connectivity index (χ3n) is 12.0. The number of aryl methyl sites for hydroxylation is 1. The summed E-state index contributed by atoms with van der Waals surface area (Å²) in [6.45, 7) is 13.4. The van der Waals surface area contributed by atoms with E-state index in [0.717, 1.165) is 95.5 Å². The van der Waals surface area contributed by atoms with Crippen LogP contribution in [0, 0.1) is 30.8 Å². The van der Waals surface area contributed by atoms with Crippen LogP contribution in [0.3, 0.4) is 0 Å². The molecule has 10 aromatic rings. The number of fused-ring (bicyclic) bond motifs is 4. The molecule has 0 N–H and O–H groups in total. The Morgan fingerprint density at radius 1 is 0.773 bits per heavy atom. The Balaban J connectivity index is 0.000000249. The van der Waals surface area contributed by atoms with Crippen LogP contribution in [0.5, 0.6) is 0 Å². The van der Waals surface area contributed by atoms with Crippen molar-refractivity contribution in [3.8, 4) is 50.6 Å². The largest absolute Gasteiger partial charge is 0.501 e. The molecule has 4 nitrogen and oxygen atoms in total. The second-order valence-corrected chi connectivity index (χ2v) is 23.9. The number of nitrogens with zero attached hydrogens (tertiary/aromatic N) is 3. The summed E-state index contributed by atoms with van der Waals surface area (Å²) in [5, 5.41) is 2.06. The molecular formula is C59H53FGeIrN3O-2. The standard InChI is InChI=1S/C42H32FN2O.C17H21GeN.Ir/c1-26-14-21-33(40-39(26)32-22-17-29(24-38(32)46-40)27-15-19-31(43)20-16-27)41-44-35-12-8-9-13-37(35)45(41)36-23-18-30(42(2,3)4)25-34(36)28-10-6-5-7-11-28;1-13(2)10-15-11-17(14-8-6-5-7-9-14)19-12-16(15)18(3)4;/h5-20,22-25H,1-4H3;5-8,11-13H,10H2,1-4H3;/q2*-1;. The van der Waals surface area contributed by atoms with Gasteiger partial charge in [0.25, 0.3) is 0 Å². The summed E-state index contributed by atoms with van der Waals surface area (Å²) < 4.78 is 24.1. The van der Waals surface area contributed by atoms with Gasteiger partial charge < -0.3 is 8.98 Å². The van der Waals surface area contributed by atoms with E-state index in [-0.39, 0.29) is 31.3 Å². The third-order valence-corrected chi connectivity index (χ3v) is 15.2. The van der Waals surface area contributed by atoms with Gasteiger partial charge in [-0.25, -0.2) is 4.39 Å². The number of hydrogen-bond donors (Lipinski definition) is 0. The molecule has 0 aliphatic heterocycles. The number of halogens is 1. The first-order valence-electron chi connectivity index (χ1n) is 22.4. The molecule has 0 bridgehead atoms. The van der Waals surface area contributed by atoms with Crippen LogP contribution in [0.4, 0.5) is 4.39 Å². The van der Waals surface area contributed by atoms with Gasteiger partial charge in [0, 0.05) is 36.7 Å². The molecule has 332 valence electrons. The zero-order chi connectivity index (χ0) is 45.4. The molecule has 0 amide bonds. The molecule has 0 aliphatic rings. The summed E-state index contributed by atoms with van der Waals surface area (Å²) in [5.74, 6) is 6.00. The number of aromatic nitrogens is 3. The molecule has 0 aliphatic carbocycles. The van der Waals surface area contributed by atoms with Gasteiger partial charge >= 0.3 is 121 Å². The van der Waals surface area contributed by atoms with Gasteiger partial charge in [0.15, 0.2) is 0 Å². The minimum atomic E-state index is -1.08. The molecule has 0 spiro atoms. The summed E-state index contributed by atoms with van der Waals surface area (Å²) in [6, 6.07) is 57.5. The van der Waals surface area contributed by atoms with Gasteiger partial charge in [-0.3, -0.25) is 4.98 Å². The minimum absolute atomic E-state index is 0. The van der Waals surface area contributed by atoms with Gasteiger partial charge in [-0.2, -0.15) is 0 Å². The van der Waals surface area contributed by atoms with Crippen molar-refractivity contribution in [2.75, 3.05) is 0 Å². The fourth-order valence-electron chi connectivity index (χ4n) is 8.71. The molecule has 0 atom stereocenters. The number of pyridine rings is 1. The maximum atomic E-state index is 13.6. The summed E-state index contributed by atoms with van der Waals surface area (Å²) in [6.07, 6.45) is 3.26. The number of furan rings is 1. The Labute approximate surface area is 406 Å². The molecule has 3 heterocycles. The van der Waals surface area contributed by atoms with E-state index in [1.165, 1.54) is 27.7 Å². The average molecular weight is 1100 g/mol. The Morgan fingerprint density at radius 2 is 1.50 bits per heavy atom. The number of benzene rings is 7. The molecule has 0 saturated carbocycles. The van der Waals surface area contributed by atoms with Gasteiger partial charge in [0.05, 0.1) is 22.4 Å². The SMILES string of the molecule is CC(C)Cc1cc(-c2[c-]cccc2)nc[c]1[Ge]([CH3])[CH3].Cc1c[c-]c(-c2nc3ccccc3n2-c2ccc(C(C)(C)C)cc2-c2ccccc2)c2oc3cc(-c4ccc(F)cc4)ccc3c12.[Ir].